The fourth-order valence-electron chi connectivity index (χ4n) is 1.55. The Morgan fingerprint density at radius 3 is 2.47 bits per heavy atom. The minimum Gasteiger partial charge on any atom is -0.469 e. The topological polar surface area (TPSA) is 46.5 Å². The Morgan fingerprint density at radius 1 is 1.40 bits per heavy atom. The summed E-state index contributed by atoms with van der Waals surface area (Å²) in [4.78, 5) is 11.4. The quantitative estimate of drug-likeness (QED) is 0.769. The average Bonchev–Trinajstić information content (AvgIpc) is 2.30. The lowest BCUT2D eigenvalue weighted by molar-refractivity contribution is -0.149. The molecule has 3 nitrogen and oxygen atoms in total. The number of aliphatic hydroxyl groups is 1. The molecule has 0 amide bonds. The van der Waals surface area contributed by atoms with E-state index in [0.717, 1.165) is 5.56 Å². The van der Waals surface area contributed by atoms with E-state index in [-0.39, 0.29) is 5.97 Å². The lowest BCUT2D eigenvalue weighted by Crippen LogP contribution is -2.22. The third-order valence-electron chi connectivity index (χ3n) is 2.47. The van der Waals surface area contributed by atoms with Gasteiger partial charge in [0, 0.05) is 0 Å². The molecule has 0 radical (unpaired) electrons. The number of carbonyl (C=O) groups excluding carboxylic acids is 1. The molecule has 15 heavy (non-hydrogen) atoms. The molecule has 3 heteroatoms. The number of methoxy groups -OCH3 is 1. The minimum absolute atomic E-state index is 0.367. The first-order valence-electron chi connectivity index (χ1n) is 5.01. The molecule has 0 bridgehead atoms. The first kappa shape index (κ1) is 11.7. The zero-order valence-electron chi connectivity index (χ0n) is 9.01. The summed E-state index contributed by atoms with van der Waals surface area (Å²) in [7, 11) is 1.34. The molecule has 0 saturated carbocycles. The van der Waals surface area contributed by atoms with Gasteiger partial charge in [0.15, 0.2) is 0 Å². The summed E-state index contributed by atoms with van der Waals surface area (Å²) in [5, 5.41) is 9.98. The van der Waals surface area contributed by atoms with Gasteiger partial charge in [-0.2, -0.15) is 0 Å². The highest BCUT2D eigenvalue weighted by Gasteiger charge is 2.26. The first-order valence-corrected chi connectivity index (χ1v) is 5.01. The van der Waals surface area contributed by atoms with Crippen LogP contribution >= 0.6 is 0 Å². The van der Waals surface area contributed by atoms with Crippen LogP contribution in [-0.2, 0) is 9.53 Å². The smallest absolute Gasteiger partial charge is 0.311 e. The number of hydrogen-bond donors (Lipinski definition) is 1. The van der Waals surface area contributed by atoms with Crippen LogP contribution in [0.3, 0.4) is 0 Å². The third kappa shape index (κ3) is 2.80. The molecule has 1 N–H and O–H groups in total. The largest absolute Gasteiger partial charge is 0.469 e. The summed E-state index contributed by atoms with van der Waals surface area (Å²) in [6.07, 6.45) is -0.230. The maximum atomic E-state index is 11.4. The van der Waals surface area contributed by atoms with Gasteiger partial charge in [-0.1, -0.05) is 37.3 Å². The Morgan fingerprint density at radius 2 is 2.00 bits per heavy atom. The van der Waals surface area contributed by atoms with Crippen LogP contribution in [0, 0.1) is 5.92 Å². The molecule has 1 aromatic carbocycles. The molecule has 0 spiro atoms. The van der Waals surface area contributed by atoms with Gasteiger partial charge in [0.05, 0.1) is 19.1 Å². The van der Waals surface area contributed by atoms with Crippen molar-refractivity contribution < 1.29 is 14.6 Å². The van der Waals surface area contributed by atoms with Crippen molar-refractivity contribution in [1.29, 1.82) is 0 Å². The number of rotatable bonds is 4. The van der Waals surface area contributed by atoms with E-state index in [1.165, 1.54) is 7.11 Å². The molecule has 82 valence electrons. The number of ether oxygens (including phenoxy) is 1. The van der Waals surface area contributed by atoms with Crippen LogP contribution in [0.15, 0.2) is 30.3 Å². The SMILES string of the molecule is CC[C@@H](C(=O)OC)[C@H](O)c1ccccc1. The van der Waals surface area contributed by atoms with Crippen molar-refractivity contribution in [2.45, 2.75) is 19.4 Å². The zero-order chi connectivity index (χ0) is 11.3. The van der Waals surface area contributed by atoms with Crippen molar-refractivity contribution >= 4 is 5.97 Å². The molecule has 0 aliphatic carbocycles. The van der Waals surface area contributed by atoms with Gasteiger partial charge in [-0.05, 0) is 12.0 Å². The van der Waals surface area contributed by atoms with Crippen LogP contribution in [-0.4, -0.2) is 18.2 Å². The average molecular weight is 208 g/mol. The second-order valence-corrected chi connectivity index (χ2v) is 3.39. The maximum Gasteiger partial charge on any atom is 0.311 e. The number of aliphatic hydroxyl groups excluding tert-OH is 1. The third-order valence-corrected chi connectivity index (χ3v) is 2.47. The molecule has 2 atom stereocenters. The van der Waals surface area contributed by atoms with Crippen molar-refractivity contribution in [2.24, 2.45) is 5.92 Å². The molecule has 0 aliphatic rings. The predicted octanol–water partition coefficient (Wildman–Crippen LogP) is 1.92. The maximum absolute atomic E-state index is 11.4. The molecular weight excluding hydrogens is 192 g/mol. The van der Waals surface area contributed by atoms with E-state index < -0.39 is 12.0 Å². The normalized spacial score (nSPS) is 14.3. The number of hydrogen-bond acceptors (Lipinski definition) is 3. The number of carbonyl (C=O) groups is 1. The summed E-state index contributed by atoms with van der Waals surface area (Å²) in [5.41, 5.74) is 0.745. The molecule has 0 unspecified atom stereocenters. The van der Waals surface area contributed by atoms with Crippen molar-refractivity contribution in [3.63, 3.8) is 0 Å². The van der Waals surface area contributed by atoms with Gasteiger partial charge in [0.1, 0.15) is 0 Å². The van der Waals surface area contributed by atoms with Gasteiger partial charge in [0.2, 0.25) is 0 Å². The second kappa shape index (κ2) is 5.51. The predicted molar refractivity (Wildman–Crippen MR) is 57.2 cm³/mol. The van der Waals surface area contributed by atoms with Crippen molar-refractivity contribution in [3.8, 4) is 0 Å². The molecular formula is C12H16O3. The van der Waals surface area contributed by atoms with Gasteiger partial charge in [-0.15, -0.1) is 0 Å². The molecule has 0 heterocycles. The lowest BCUT2D eigenvalue weighted by Gasteiger charge is -2.19. The minimum atomic E-state index is -0.788. The standard InChI is InChI=1S/C12H16O3/c1-3-10(12(14)15-2)11(13)9-7-5-4-6-8-9/h4-8,10-11,13H,3H2,1-2H3/t10-,11-/m1/s1. The van der Waals surface area contributed by atoms with Crippen LogP contribution in [0.4, 0.5) is 0 Å². The Kier molecular flexibility index (Phi) is 4.31. The lowest BCUT2D eigenvalue weighted by atomic mass is 9.94. The van der Waals surface area contributed by atoms with Crippen LogP contribution < -0.4 is 0 Å². The summed E-state index contributed by atoms with van der Waals surface area (Å²) in [5.74, 6) is -0.855. The molecule has 1 rings (SSSR count). The summed E-state index contributed by atoms with van der Waals surface area (Å²) < 4.78 is 4.65. The molecule has 0 aromatic heterocycles. The Bertz CT molecular complexity index is 308. The van der Waals surface area contributed by atoms with Gasteiger partial charge in [0.25, 0.3) is 0 Å². The van der Waals surface area contributed by atoms with Gasteiger partial charge < -0.3 is 9.84 Å². The van der Waals surface area contributed by atoms with Crippen molar-refractivity contribution in [1.82, 2.24) is 0 Å². The molecule has 0 saturated heterocycles. The van der Waals surface area contributed by atoms with Crippen LogP contribution in [0.5, 0.6) is 0 Å². The monoisotopic (exact) mass is 208 g/mol. The van der Waals surface area contributed by atoms with E-state index in [1.807, 2.05) is 25.1 Å². The summed E-state index contributed by atoms with van der Waals surface area (Å²) in [6.45, 7) is 1.85. The van der Waals surface area contributed by atoms with E-state index >= 15 is 0 Å². The first-order chi connectivity index (χ1) is 7.20. The van der Waals surface area contributed by atoms with E-state index in [2.05, 4.69) is 4.74 Å². The highest BCUT2D eigenvalue weighted by atomic mass is 16.5. The zero-order valence-corrected chi connectivity index (χ0v) is 9.01. The van der Waals surface area contributed by atoms with Crippen LogP contribution in [0.1, 0.15) is 25.0 Å². The Hall–Kier alpha value is -1.35. The van der Waals surface area contributed by atoms with E-state index in [0.29, 0.717) is 6.42 Å². The van der Waals surface area contributed by atoms with Gasteiger partial charge >= 0.3 is 5.97 Å². The van der Waals surface area contributed by atoms with Crippen molar-refractivity contribution in [2.75, 3.05) is 7.11 Å². The van der Waals surface area contributed by atoms with E-state index in [4.69, 9.17) is 0 Å². The van der Waals surface area contributed by atoms with Gasteiger partial charge in [-0.25, -0.2) is 0 Å². The van der Waals surface area contributed by atoms with E-state index in [9.17, 15) is 9.90 Å². The molecule has 0 aliphatic heterocycles. The highest BCUT2D eigenvalue weighted by molar-refractivity contribution is 5.73. The Labute approximate surface area is 89.7 Å². The van der Waals surface area contributed by atoms with Crippen LogP contribution in [0.25, 0.3) is 0 Å². The fraction of sp³-hybridized carbons (Fsp3) is 0.417. The Balaban J connectivity index is 2.82. The molecule has 1 aromatic rings. The molecule has 0 fully saturated rings. The summed E-state index contributed by atoms with van der Waals surface area (Å²) >= 11 is 0. The number of esters is 1. The van der Waals surface area contributed by atoms with Gasteiger partial charge in [-0.3, -0.25) is 4.79 Å². The van der Waals surface area contributed by atoms with Crippen molar-refractivity contribution in [3.05, 3.63) is 35.9 Å². The fourth-order valence-corrected chi connectivity index (χ4v) is 1.55. The van der Waals surface area contributed by atoms with Crippen LogP contribution in [0.2, 0.25) is 0 Å². The number of benzene rings is 1. The second-order valence-electron chi connectivity index (χ2n) is 3.39. The summed E-state index contributed by atoms with van der Waals surface area (Å²) in [6, 6.07) is 9.15. The highest BCUT2D eigenvalue weighted by Crippen LogP contribution is 2.25. The van der Waals surface area contributed by atoms with E-state index in [1.54, 1.807) is 12.1 Å².